The van der Waals surface area contributed by atoms with Gasteiger partial charge in [-0.1, -0.05) is 88.5 Å². The zero-order valence-corrected chi connectivity index (χ0v) is 25.4. The molecule has 0 saturated carbocycles. The molecule has 0 fully saturated rings. The van der Waals surface area contributed by atoms with Crippen molar-refractivity contribution in [2.75, 3.05) is 13.1 Å². The van der Waals surface area contributed by atoms with Gasteiger partial charge in [-0.05, 0) is 60.0 Å². The predicted molar refractivity (Wildman–Crippen MR) is 173 cm³/mol. The van der Waals surface area contributed by atoms with Gasteiger partial charge in [0.15, 0.2) is 0 Å². The van der Waals surface area contributed by atoms with Crippen LogP contribution in [-0.2, 0) is 0 Å². The van der Waals surface area contributed by atoms with Crippen molar-refractivity contribution in [1.82, 2.24) is 9.80 Å². The van der Waals surface area contributed by atoms with Gasteiger partial charge in [0, 0.05) is 57.2 Å². The Morgan fingerprint density at radius 3 is 1.25 bits per heavy atom. The molecular formula is C38H36N2O4. The lowest BCUT2D eigenvalue weighted by molar-refractivity contribution is 0.0592. The fraction of sp³-hybridized carbons (Fsp3) is 0.316. The number of carbonyl (C=O) groups is 4. The van der Waals surface area contributed by atoms with Crippen LogP contribution in [0, 0.1) is 11.8 Å². The summed E-state index contributed by atoms with van der Waals surface area (Å²) in [5.74, 6) is 5.51. The van der Waals surface area contributed by atoms with Crippen molar-refractivity contribution in [3.8, 4) is 11.8 Å². The Morgan fingerprint density at radius 1 is 0.477 bits per heavy atom. The second-order valence-electron chi connectivity index (χ2n) is 11.7. The van der Waals surface area contributed by atoms with Crippen LogP contribution in [0.4, 0.5) is 0 Å². The van der Waals surface area contributed by atoms with Crippen molar-refractivity contribution >= 4 is 45.2 Å². The van der Waals surface area contributed by atoms with E-state index >= 15 is 0 Å². The highest BCUT2D eigenvalue weighted by molar-refractivity contribution is 6.27. The topological polar surface area (TPSA) is 74.8 Å². The van der Waals surface area contributed by atoms with Gasteiger partial charge >= 0.3 is 0 Å². The van der Waals surface area contributed by atoms with Crippen molar-refractivity contribution in [1.29, 1.82) is 0 Å². The van der Waals surface area contributed by atoms with Gasteiger partial charge in [-0.25, -0.2) is 0 Å². The maximum Gasteiger partial charge on any atom is 0.261 e. The lowest BCUT2D eigenvalue weighted by atomic mass is 9.90. The van der Waals surface area contributed by atoms with E-state index in [1.165, 1.54) is 9.80 Å². The van der Waals surface area contributed by atoms with Crippen molar-refractivity contribution in [2.45, 2.75) is 65.2 Å². The van der Waals surface area contributed by atoms with Crippen LogP contribution in [0.3, 0.4) is 0 Å². The van der Waals surface area contributed by atoms with Gasteiger partial charge in [0.05, 0.1) is 0 Å². The molecule has 0 bridgehead atoms. The van der Waals surface area contributed by atoms with E-state index in [0.29, 0.717) is 57.2 Å². The van der Waals surface area contributed by atoms with Crippen LogP contribution >= 0.6 is 0 Å². The van der Waals surface area contributed by atoms with Gasteiger partial charge in [0.2, 0.25) is 0 Å². The van der Waals surface area contributed by atoms with E-state index in [0.717, 1.165) is 62.1 Å². The van der Waals surface area contributed by atoms with Crippen LogP contribution in [0.1, 0.15) is 118 Å². The first-order valence-corrected chi connectivity index (χ1v) is 15.8. The average Bonchev–Trinajstić information content (AvgIpc) is 3.04. The van der Waals surface area contributed by atoms with E-state index in [1.807, 2.05) is 36.4 Å². The molecule has 0 atom stereocenters. The van der Waals surface area contributed by atoms with E-state index in [1.54, 1.807) is 24.3 Å². The van der Waals surface area contributed by atoms with Crippen molar-refractivity contribution in [3.63, 3.8) is 0 Å². The van der Waals surface area contributed by atoms with Crippen LogP contribution in [0.15, 0.2) is 60.7 Å². The summed E-state index contributed by atoms with van der Waals surface area (Å²) in [6.07, 6.45) is 7.88. The Balaban J connectivity index is 1.35. The number of benzene rings is 4. The molecule has 0 unspecified atom stereocenters. The molecule has 222 valence electrons. The summed E-state index contributed by atoms with van der Waals surface area (Å²) >= 11 is 0. The van der Waals surface area contributed by atoms with Crippen LogP contribution in [-0.4, -0.2) is 46.5 Å². The fourth-order valence-corrected chi connectivity index (χ4v) is 6.44. The molecule has 2 aliphatic heterocycles. The summed E-state index contributed by atoms with van der Waals surface area (Å²) in [7, 11) is 0. The molecule has 0 spiro atoms. The molecule has 4 aromatic rings. The van der Waals surface area contributed by atoms with Gasteiger partial charge in [-0.15, -0.1) is 0 Å². The maximum atomic E-state index is 13.4. The lowest BCUT2D eigenvalue weighted by Gasteiger charge is -2.27. The van der Waals surface area contributed by atoms with Gasteiger partial charge in [-0.3, -0.25) is 29.0 Å². The molecule has 4 amide bonds. The first-order valence-electron chi connectivity index (χ1n) is 15.8. The molecule has 0 saturated heterocycles. The third kappa shape index (κ3) is 5.07. The standard InChI is InChI=1S/C38H36N2O4/c1-3-5-7-9-23-39-35(41)29-15-11-13-27-25(19-21-31(33(27)29)37(39)43)17-18-26-20-22-32-34-28(26)14-12-16-30(34)36(42)40(38(32)44)24-10-8-6-4-2/h11-16,19-22H,3-10,23-24H2,1-2H3. The molecule has 2 heterocycles. The van der Waals surface area contributed by atoms with Crippen LogP contribution in [0.5, 0.6) is 0 Å². The predicted octanol–water partition coefficient (Wildman–Crippen LogP) is 7.75. The second kappa shape index (κ2) is 12.5. The van der Waals surface area contributed by atoms with Gasteiger partial charge in [0.25, 0.3) is 23.6 Å². The number of rotatable bonds is 10. The first kappa shape index (κ1) is 29.3. The minimum atomic E-state index is -0.257. The normalized spacial score (nSPS) is 14.0. The Bertz CT molecular complexity index is 1710. The molecule has 6 rings (SSSR count). The number of carbonyl (C=O) groups excluding carboxylic acids is 4. The Hall–Kier alpha value is -4.76. The molecule has 0 radical (unpaired) electrons. The summed E-state index contributed by atoms with van der Waals surface area (Å²) in [5.41, 5.74) is 3.49. The molecule has 6 heteroatoms. The van der Waals surface area contributed by atoms with Crippen molar-refractivity contribution in [3.05, 3.63) is 94.0 Å². The maximum absolute atomic E-state index is 13.4. The number of hydrogen-bond donors (Lipinski definition) is 0. The van der Waals surface area contributed by atoms with Crippen LogP contribution in [0.25, 0.3) is 21.5 Å². The van der Waals surface area contributed by atoms with Crippen molar-refractivity contribution in [2.24, 2.45) is 0 Å². The molecule has 44 heavy (non-hydrogen) atoms. The Morgan fingerprint density at radius 2 is 0.864 bits per heavy atom. The van der Waals surface area contributed by atoms with Gasteiger partial charge in [0.1, 0.15) is 0 Å². The van der Waals surface area contributed by atoms with Crippen LogP contribution in [0.2, 0.25) is 0 Å². The molecule has 6 nitrogen and oxygen atoms in total. The van der Waals surface area contributed by atoms with Crippen LogP contribution < -0.4 is 0 Å². The monoisotopic (exact) mass is 584 g/mol. The van der Waals surface area contributed by atoms with E-state index in [2.05, 4.69) is 25.7 Å². The molecule has 4 aromatic carbocycles. The summed E-state index contributed by atoms with van der Waals surface area (Å²) in [4.78, 5) is 56.3. The summed E-state index contributed by atoms with van der Waals surface area (Å²) < 4.78 is 0. The zero-order valence-electron chi connectivity index (χ0n) is 25.4. The SMILES string of the molecule is CCCCCCN1C(=O)c2cccc3c(C#Cc4ccc5c6c(cccc46)C(=O)N(CCCCCC)C5=O)ccc(c23)C1=O. The minimum absolute atomic E-state index is 0.257. The van der Waals surface area contributed by atoms with E-state index in [4.69, 9.17) is 0 Å². The third-order valence-corrected chi connectivity index (χ3v) is 8.79. The van der Waals surface area contributed by atoms with Crippen molar-refractivity contribution < 1.29 is 19.2 Å². The molecule has 0 aliphatic carbocycles. The van der Waals surface area contributed by atoms with Gasteiger partial charge in [-0.2, -0.15) is 0 Å². The number of hydrogen-bond acceptors (Lipinski definition) is 4. The summed E-state index contributed by atoms with van der Waals surface area (Å²) in [6.45, 7) is 5.10. The van der Waals surface area contributed by atoms with E-state index in [-0.39, 0.29) is 23.6 Å². The highest BCUT2D eigenvalue weighted by atomic mass is 16.2. The summed E-state index contributed by atoms with van der Waals surface area (Å²) in [5, 5.41) is 2.80. The number of unbranched alkanes of at least 4 members (excludes halogenated alkanes) is 6. The fourth-order valence-electron chi connectivity index (χ4n) is 6.44. The van der Waals surface area contributed by atoms with E-state index in [9.17, 15) is 19.2 Å². The summed E-state index contributed by atoms with van der Waals surface area (Å²) in [6, 6.07) is 18.3. The smallest absolute Gasteiger partial charge is 0.261 e. The largest absolute Gasteiger partial charge is 0.274 e. The number of nitrogens with zero attached hydrogens (tertiary/aromatic N) is 2. The first-order chi connectivity index (χ1) is 21.5. The average molecular weight is 585 g/mol. The second-order valence-corrected chi connectivity index (χ2v) is 11.7. The zero-order chi connectivity index (χ0) is 30.8. The highest BCUT2D eigenvalue weighted by Crippen LogP contribution is 2.34. The number of amides is 4. The Labute approximate surface area is 258 Å². The quantitative estimate of drug-likeness (QED) is 0.109. The van der Waals surface area contributed by atoms with Gasteiger partial charge < -0.3 is 0 Å². The molecule has 0 N–H and O–H groups in total. The van der Waals surface area contributed by atoms with E-state index < -0.39 is 0 Å². The lowest BCUT2D eigenvalue weighted by Crippen LogP contribution is -2.40. The molecule has 0 aromatic heterocycles. The molecule has 2 aliphatic rings. The third-order valence-electron chi connectivity index (χ3n) is 8.79. The number of imide groups is 2. The highest BCUT2D eigenvalue weighted by Gasteiger charge is 2.34. The Kier molecular flexibility index (Phi) is 8.30. The molecular weight excluding hydrogens is 548 g/mol. The minimum Gasteiger partial charge on any atom is -0.274 e.